The smallest absolute Gasteiger partial charge is 0.123 e. The van der Waals surface area contributed by atoms with Gasteiger partial charge in [-0.1, -0.05) is 73.3 Å². The van der Waals surface area contributed by atoms with Gasteiger partial charge in [-0.3, -0.25) is 0 Å². The van der Waals surface area contributed by atoms with E-state index in [4.69, 9.17) is 0 Å². The molecular weight excluding hydrogens is 342 g/mol. The number of rotatable bonds is 3. The minimum atomic E-state index is 0.284. The van der Waals surface area contributed by atoms with Gasteiger partial charge in [-0.25, -0.2) is 0 Å². The van der Waals surface area contributed by atoms with Crippen LogP contribution in [0.25, 0.3) is 50.1 Å². The molecule has 28 heavy (non-hydrogen) atoms. The van der Waals surface area contributed by atoms with E-state index in [-0.39, 0.29) is 5.75 Å². The van der Waals surface area contributed by atoms with Crippen LogP contribution in [0.15, 0.2) is 91.5 Å². The largest absolute Gasteiger partial charge is 0.507 e. The molecule has 0 bridgehead atoms. The van der Waals surface area contributed by atoms with E-state index in [1.54, 1.807) is 6.07 Å². The van der Waals surface area contributed by atoms with Gasteiger partial charge in [0.15, 0.2) is 0 Å². The maximum Gasteiger partial charge on any atom is 0.123 e. The Morgan fingerprint density at radius 1 is 0.714 bits per heavy atom. The van der Waals surface area contributed by atoms with Crippen LogP contribution < -0.4 is 0 Å². The zero-order chi connectivity index (χ0) is 19.1. The lowest BCUT2D eigenvalue weighted by Gasteiger charge is -2.13. The fourth-order valence-corrected chi connectivity index (χ4v) is 3.97. The zero-order valence-corrected chi connectivity index (χ0v) is 15.3. The number of phenols is 1. The Labute approximate surface area is 163 Å². The summed E-state index contributed by atoms with van der Waals surface area (Å²) in [5.41, 5.74) is 7.31. The van der Waals surface area contributed by atoms with E-state index in [1.807, 2.05) is 42.5 Å². The van der Waals surface area contributed by atoms with Gasteiger partial charge in [0.25, 0.3) is 0 Å². The molecule has 0 spiro atoms. The lowest BCUT2D eigenvalue weighted by Crippen LogP contribution is -1.87. The third-order valence-corrected chi connectivity index (χ3v) is 5.30. The lowest BCUT2D eigenvalue weighted by atomic mass is 9.92. The first-order valence-electron chi connectivity index (χ1n) is 9.31. The Balaban J connectivity index is 1.83. The Hall–Kier alpha value is -3.78. The van der Waals surface area contributed by atoms with Crippen LogP contribution in [0.5, 0.6) is 5.75 Å². The van der Waals surface area contributed by atoms with Gasteiger partial charge in [-0.05, 0) is 46.5 Å². The molecule has 0 saturated carbocycles. The Morgan fingerprint density at radius 3 is 2.18 bits per heavy atom. The molecule has 0 aliphatic carbocycles. The van der Waals surface area contributed by atoms with Crippen LogP contribution in [0.2, 0.25) is 0 Å². The van der Waals surface area contributed by atoms with Gasteiger partial charge in [0.1, 0.15) is 5.75 Å². The maximum absolute atomic E-state index is 10.4. The van der Waals surface area contributed by atoms with Gasteiger partial charge in [-0.15, -0.1) is 0 Å². The Morgan fingerprint density at radius 2 is 1.39 bits per heavy atom. The van der Waals surface area contributed by atoms with Gasteiger partial charge >= 0.3 is 0 Å². The highest BCUT2D eigenvalue weighted by Crippen LogP contribution is 2.39. The first-order chi connectivity index (χ1) is 13.8. The van der Waals surface area contributed by atoms with E-state index in [2.05, 4.69) is 54.0 Å². The highest BCUT2D eigenvalue weighted by Gasteiger charge is 2.14. The van der Waals surface area contributed by atoms with Crippen LogP contribution in [0.4, 0.5) is 0 Å². The van der Waals surface area contributed by atoms with Crippen molar-refractivity contribution in [3.8, 4) is 28.0 Å². The number of aromatic hydroxyl groups is 1. The van der Waals surface area contributed by atoms with E-state index in [9.17, 15) is 5.11 Å². The second kappa shape index (κ2) is 6.43. The van der Waals surface area contributed by atoms with Gasteiger partial charge in [0.2, 0.25) is 0 Å². The van der Waals surface area contributed by atoms with Crippen molar-refractivity contribution in [3.63, 3.8) is 0 Å². The zero-order valence-electron chi connectivity index (χ0n) is 15.3. The number of nitrogens with one attached hydrogen (secondary N) is 1. The minimum absolute atomic E-state index is 0.284. The summed E-state index contributed by atoms with van der Waals surface area (Å²) < 4.78 is 0. The number of hydrogen-bond donors (Lipinski definition) is 2. The van der Waals surface area contributed by atoms with Crippen molar-refractivity contribution in [2.24, 2.45) is 0 Å². The van der Waals surface area contributed by atoms with Crippen molar-refractivity contribution in [2.45, 2.75) is 0 Å². The molecule has 0 aliphatic heterocycles. The number of hydrogen-bond acceptors (Lipinski definition) is 1. The quantitative estimate of drug-likeness (QED) is 0.356. The number of phenolic OH excluding ortho intramolecular Hbond substituents is 1. The van der Waals surface area contributed by atoms with Gasteiger partial charge in [0.05, 0.1) is 5.52 Å². The second-order valence-corrected chi connectivity index (χ2v) is 6.93. The van der Waals surface area contributed by atoms with E-state index < -0.39 is 0 Å². The average molecular weight is 361 g/mol. The predicted molar refractivity (Wildman–Crippen MR) is 118 cm³/mol. The molecule has 5 aromatic rings. The minimum Gasteiger partial charge on any atom is -0.507 e. The summed E-state index contributed by atoms with van der Waals surface area (Å²) in [5, 5.41) is 12.8. The first-order valence-corrected chi connectivity index (χ1v) is 9.31. The molecule has 0 aliphatic rings. The summed E-state index contributed by atoms with van der Waals surface area (Å²) in [6, 6.07) is 28.4. The Bertz CT molecular complexity index is 1340. The van der Waals surface area contributed by atoms with Crippen molar-refractivity contribution in [1.29, 1.82) is 0 Å². The number of aromatic nitrogens is 1. The number of fused-ring (bicyclic) bond motifs is 3. The van der Waals surface area contributed by atoms with E-state index >= 15 is 0 Å². The standard InChI is InChI=1S/C26H19NO/c1-2-17-15-18(16-23-21-11-5-7-13-24(21)27-26(17)23)19-9-3-4-10-20(19)22-12-6-8-14-25(22)28/h2-16,27-28H,1H2. The highest BCUT2D eigenvalue weighted by atomic mass is 16.3. The van der Waals surface area contributed by atoms with Gasteiger partial charge < -0.3 is 10.1 Å². The van der Waals surface area contributed by atoms with Crippen LogP contribution in [0, 0.1) is 0 Å². The van der Waals surface area contributed by atoms with Gasteiger partial charge in [-0.2, -0.15) is 0 Å². The molecule has 1 heterocycles. The maximum atomic E-state index is 10.4. The van der Waals surface area contributed by atoms with Crippen LogP contribution in [0.3, 0.4) is 0 Å². The van der Waals surface area contributed by atoms with Crippen LogP contribution in [-0.2, 0) is 0 Å². The summed E-state index contributed by atoms with van der Waals surface area (Å²) in [4.78, 5) is 3.52. The second-order valence-electron chi connectivity index (χ2n) is 6.93. The number of H-pyrrole nitrogens is 1. The van der Waals surface area contributed by atoms with Crippen molar-refractivity contribution in [2.75, 3.05) is 0 Å². The van der Waals surface area contributed by atoms with Crippen molar-refractivity contribution >= 4 is 27.9 Å². The third-order valence-electron chi connectivity index (χ3n) is 5.30. The molecule has 2 N–H and O–H groups in total. The van der Waals surface area contributed by atoms with Crippen LogP contribution in [-0.4, -0.2) is 10.1 Å². The lowest BCUT2D eigenvalue weighted by molar-refractivity contribution is 0.477. The van der Waals surface area contributed by atoms with E-state index in [0.717, 1.165) is 38.9 Å². The average Bonchev–Trinajstić information content (AvgIpc) is 3.12. The molecule has 0 amide bonds. The fraction of sp³-hybridized carbons (Fsp3) is 0. The summed E-state index contributed by atoms with van der Waals surface area (Å²) in [6.07, 6.45) is 1.89. The molecule has 0 fully saturated rings. The number of aromatic amines is 1. The molecule has 0 radical (unpaired) electrons. The summed E-state index contributed by atoms with van der Waals surface area (Å²) in [5.74, 6) is 0.284. The molecule has 1 aromatic heterocycles. The number of para-hydroxylation sites is 2. The molecule has 134 valence electrons. The number of benzene rings is 4. The predicted octanol–water partition coefficient (Wildman–Crippen LogP) is 7.00. The molecule has 0 unspecified atom stereocenters. The first kappa shape index (κ1) is 16.4. The monoisotopic (exact) mass is 361 g/mol. The summed E-state index contributed by atoms with van der Waals surface area (Å²) in [7, 11) is 0. The van der Waals surface area contributed by atoms with E-state index in [0.29, 0.717) is 0 Å². The molecular formula is C26H19NO. The fourth-order valence-electron chi connectivity index (χ4n) is 3.97. The molecule has 0 atom stereocenters. The topological polar surface area (TPSA) is 36.0 Å². The molecule has 4 aromatic carbocycles. The van der Waals surface area contributed by atoms with Crippen molar-refractivity contribution < 1.29 is 5.11 Å². The molecule has 2 heteroatoms. The molecule has 2 nitrogen and oxygen atoms in total. The molecule has 5 rings (SSSR count). The van der Waals surface area contributed by atoms with Crippen molar-refractivity contribution in [3.05, 3.63) is 97.1 Å². The SMILES string of the molecule is C=Cc1cc(-c2ccccc2-c2ccccc2O)cc2c1[nH]c1ccccc12. The van der Waals surface area contributed by atoms with E-state index in [1.165, 1.54) is 10.8 Å². The Kier molecular flexibility index (Phi) is 3.77. The normalized spacial score (nSPS) is 11.1. The molecule has 0 saturated heterocycles. The van der Waals surface area contributed by atoms with Gasteiger partial charge in [0, 0.05) is 21.9 Å². The third kappa shape index (κ3) is 2.50. The van der Waals surface area contributed by atoms with Crippen LogP contribution >= 0.6 is 0 Å². The summed E-state index contributed by atoms with van der Waals surface area (Å²) in [6.45, 7) is 4.02. The highest BCUT2D eigenvalue weighted by molar-refractivity contribution is 6.11. The summed E-state index contributed by atoms with van der Waals surface area (Å²) >= 11 is 0. The van der Waals surface area contributed by atoms with Crippen LogP contribution in [0.1, 0.15) is 5.56 Å². The van der Waals surface area contributed by atoms with Crippen molar-refractivity contribution in [1.82, 2.24) is 4.98 Å².